The third-order valence-electron chi connectivity index (χ3n) is 5.78. The van der Waals surface area contributed by atoms with Gasteiger partial charge in [0.25, 0.3) is 5.91 Å². The molecular formula is C24H24F2N4O2S. The van der Waals surface area contributed by atoms with Gasteiger partial charge < -0.3 is 5.32 Å². The summed E-state index contributed by atoms with van der Waals surface area (Å²) in [4.78, 5) is 37.1. The van der Waals surface area contributed by atoms with E-state index in [1.807, 2.05) is 38.1 Å². The van der Waals surface area contributed by atoms with Crippen molar-refractivity contribution in [2.75, 3.05) is 5.32 Å². The molecule has 2 aliphatic heterocycles. The molecule has 2 aliphatic rings. The topological polar surface area (TPSA) is 74.1 Å². The molecule has 2 aromatic rings. The molecule has 2 amide bonds. The summed E-state index contributed by atoms with van der Waals surface area (Å²) in [5, 5.41) is 2.12. The monoisotopic (exact) mass is 470 g/mol. The molecule has 9 heteroatoms. The Morgan fingerprint density at radius 3 is 2.67 bits per heavy atom. The number of carbonyl (C=O) groups excluding carboxylic acids is 2. The Kier molecular flexibility index (Phi) is 6.60. The van der Waals surface area contributed by atoms with E-state index in [2.05, 4.69) is 10.3 Å². The van der Waals surface area contributed by atoms with E-state index in [1.165, 1.54) is 4.90 Å². The second-order valence-electron chi connectivity index (χ2n) is 8.00. The summed E-state index contributed by atoms with van der Waals surface area (Å²) in [5.41, 5.74) is 1.20. The number of aliphatic imine (C=N–C) groups is 2. The molecule has 3 unspecified atom stereocenters. The lowest BCUT2D eigenvalue weighted by Gasteiger charge is -2.27. The van der Waals surface area contributed by atoms with Gasteiger partial charge >= 0.3 is 0 Å². The van der Waals surface area contributed by atoms with Crippen molar-refractivity contribution in [2.45, 2.75) is 44.9 Å². The second kappa shape index (κ2) is 9.43. The van der Waals surface area contributed by atoms with E-state index in [1.54, 1.807) is 6.92 Å². The number of fused-ring (bicyclic) bond motifs is 3. The summed E-state index contributed by atoms with van der Waals surface area (Å²) in [5.74, 6) is -1.47. The highest BCUT2D eigenvalue weighted by Crippen LogP contribution is 2.36. The molecule has 172 valence electrons. The number of thioether (sulfide) groups is 1. The van der Waals surface area contributed by atoms with Crippen LogP contribution in [-0.4, -0.2) is 39.0 Å². The summed E-state index contributed by atoms with van der Waals surface area (Å²) in [6.07, 6.45) is 1.18. The number of para-hydroxylation sites is 1. The van der Waals surface area contributed by atoms with Crippen LogP contribution in [0.4, 0.5) is 20.2 Å². The van der Waals surface area contributed by atoms with Gasteiger partial charge in [0, 0.05) is 11.6 Å². The first kappa shape index (κ1) is 23.1. The highest BCUT2D eigenvalue weighted by Gasteiger charge is 2.43. The molecule has 0 spiro atoms. The molecular weight excluding hydrogens is 446 g/mol. The van der Waals surface area contributed by atoms with E-state index in [9.17, 15) is 18.4 Å². The van der Waals surface area contributed by atoms with Crippen LogP contribution in [0.3, 0.4) is 0 Å². The number of rotatable bonds is 6. The summed E-state index contributed by atoms with van der Waals surface area (Å²) >= 11 is 1.11. The molecule has 0 saturated heterocycles. The van der Waals surface area contributed by atoms with Gasteiger partial charge in [0.2, 0.25) is 5.91 Å². The van der Waals surface area contributed by atoms with Crippen LogP contribution in [-0.2, 0) is 9.59 Å². The van der Waals surface area contributed by atoms with E-state index in [0.29, 0.717) is 23.1 Å². The third kappa shape index (κ3) is 4.42. The van der Waals surface area contributed by atoms with Crippen molar-refractivity contribution in [3.05, 3.63) is 59.7 Å². The molecule has 33 heavy (non-hydrogen) atoms. The van der Waals surface area contributed by atoms with Crippen molar-refractivity contribution in [3.63, 3.8) is 0 Å². The molecule has 1 N–H and O–H groups in total. The maximum Gasteiger partial charge on any atom is 0.259 e. The fraction of sp³-hybridized carbons (Fsp3) is 0.333. The van der Waals surface area contributed by atoms with Gasteiger partial charge in [0.1, 0.15) is 23.5 Å². The van der Waals surface area contributed by atoms with Crippen LogP contribution in [0.15, 0.2) is 52.4 Å². The minimum absolute atomic E-state index is 0.0511. The van der Waals surface area contributed by atoms with Crippen molar-refractivity contribution >= 4 is 46.0 Å². The summed E-state index contributed by atoms with van der Waals surface area (Å²) in [6.45, 7) is 5.80. The predicted octanol–water partition coefficient (Wildman–Crippen LogP) is 5.12. The first-order valence-corrected chi connectivity index (χ1v) is 11.7. The van der Waals surface area contributed by atoms with Crippen LogP contribution in [0.5, 0.6) is 0 Å². The molecule has 4 rings (SSSR count). The van der Waals surface area contributed by atoms with Gasteiger partial charge in [-0.3, -0.25) is 14.6 Å². The van der Waals surface area contributed by atoms with Crippen molar-refractivity contribution in [3.8, 4) is 0 Å². The number of halogens is 2. The number of amidine groups is 2. The fourth-order valence-electron chi connectivity index (χ4n) is 3.70. The standard InChI is InChI=1S/C24H24F2N4O2S/c1-4-13(3)20-23(32)30-21(29-20)15-8-6-7-9-17(15)28-24(30)33-19(5-2)22(31)27-18-12-14(25)10-11-16(18)26/h6-13,19-20H,4-5H2,1-3H3,(H,27,31). The fourth-order valence-corrected chi connectivity index (χ4v) is 4.72. The average molecular weight is 471 g/mol. The zero-order chi connectivity index (χ0) is 23.7. The molecule has 0 saturated carbocycles. The first-order chi connectivity index (χ1) is 15.8. The lowest BCUT2D eigenvalue weighted by atomic mass is 10.00. The van der Waals surface area contributed by atoms with E-state index in [4.69, 9.17) is 4.99 Å². The Hall–Kier alpha value is -3.07. The normalized spacial score (nSPS) is 18.8. The number of nitrogens with zero attached hydrogens (tertiary/aromatic N) is 3. The van der Waals surface area contributed by atoms with E-state index in [0.717, 1.165) is 41.9 Å². The van der Waals surface area contributed by atoms with Gasteiger partial charge in [0.15, 0.2) is 5.17 Å². The lowest BCUT2D eigenvalue weighted by molar-refractivity contribution is -0.125. The minimum atomic E-state index is -0.728. The highest BCUT2D eigenvalue weighted by atomic mass is 32.2. The number of amides is 2. The van der Waals surface area contributed by atoms with E-state index >= 15 is 0 Å². The molecule has 0 aromatic heterocycles. The molecule has 6 nitrogen and oxygen atoms in total. The van der Waals surface area contributed by atoms with Crippen LogP contribution in [0.2, 0.25) is 0 Å². The van der Waals surface area contributed by atoms with Crippen LogP contribution < -0.4 is 5.32 Å². The predicted molar refractivity (Wildman–Crippen MR) is 127 cm³/mol. The number of hydrogen-bond donors (Lipinski definition) is 1. The van der Waals surface area contributed by atoms with Crippen LogP contribution in [0.1, 0.15) is 39.2 Å². The van der Waals surface area contributed by atoms with Crippen LogP contribution >= 0.6 is 11.8 Å². The maximum atomic E-state index is 14.0. The highest BCUT2D eigenvalue weighted by molar-refractivity contribution is 8.15. The smallest absolute Gasteiger partial charge is 0.259 e. The summed E-state index contributed by atoms with van der Waals surface area (Å²) in [6, 6.07) is 9.78. The largest absolute Gasteiger partial charge is 0.323 e. The van der Waals surface area contributed by atoms with Crippen LogP contribution in [0, 0.1) is 17.6 Å². The Labute approximate surface area is 195 Å². The lowest BCUT2D eigenvalue weighted by Crippen LogP contribution is -2.43. The van der Waals surface area contributed by atoms with E-state index < -0.39 is 28.8 Å². The third-order valence-corrected chi connectivity index (χ3v) is 7.10. The Balaban J connectivity index is 1.64. The number of anilines is 1. The molecule has 0 aliphatic carbocycles. The Morgan fingerprint density at radius 2 is 1.94 bits per heavy atom. The SMILES string of the molecule is CCC(SC1=Nc2ccccc2C2=NC(C(C)CC)C(=O)N12)C(=O)Nc1cc(F)ccc1F. The molecule has 0 fully saturated rings. The quantitative estimate of drug-likeness (QED) is 0.637. The first-order valence-electron chi connectivity index (χ1n) is 10.9. The number of benzene rings is 2. The molecule has 2 aromatic carbocycles. The van der Waals surface area contributed by atoms with Gasteiger partial charge in [0.05, 0.1) is 16.6 Å². The number of carbonyl (C=O) groups is 2. The average Bonchev–Trinajstić information content (AvgIpc) is 3.17. The molecule has 0 bridgehead atoms. The van der Waals surface area contributed by atoms with Gasteiger partial charge in [-0.2, -0.15) is 0 Å². The summed E-state index contributed by atoms with van der Waals surface area (Å²) < 4.78 is 27.5. The zero-order valence-corrected chi connectivity index (χ0v) is 19.3. The maximum absolute atomic E-state index is 14.0. The van der Waals surface area contributed by atoms with Gasteiger partial charge in [-0.05, 0) is 36.6 Å². The van der Waals surface area contributed by atoms with Crippen molar-refractivity contribution in [2.24, 2.45) is 15.9 Å². The second-order valence-corrected chi connectivity index (χ2v) is 9.17. The van der Waals surface area contributed by atoms with Gasteiger partial charge in [-0.1, -0.05) is 51.1 Å². The van der Waals surface area contributed by atoms with Gasteiger partial charge in [-0.15, -0.1) is 0 Å². The molecule has 0 radical (unpaired) electrons. The van der Waals surface area contributed by atoms with Crippen molar-refractivity contribution in [1.29, 1.82) is 0 Å². The number of nitrogens with one attached hydrogen (secondary N) is 1. The van der Waals surface area contributed by atoms with Gasteiger partial charge in [-0.25, -0.2) is 18.7 Å². The van der Waals surface area contributed by atoms with Crippen LogP contribution in [0.25, 0.3) is 0 Å². The zero-order valence-electron chi connectivity index (χ0n) is 18.5. The van der Waals surface area contributed by atoms with E-state index in [-0.39, 0.29) is 17.5 Å². The molecule has 3 atom stereocenters. The Morgan fingerprint density at radius 1 is 1.18 bits per heavy atom. The summed E-state index contributed by atoms with van der Waals surface area (Å²) in [7, 11) is 0. The molecule has 2 heterocycles. The minimum Gasteiger partial charge on any atom is -0.323 e. The Bertz CT molecular complexity index is 1170. The van der Waals surface area contributed by atoms with Crippen molar-refractivity contribution < 1.29 is 18.4 Å². The number of hydrogen-bond acceptors (Lipinski definition) is 5. The van der Waals surface area contributed by atoms with Crippen molar-refractivity contribution in [1.82, 2.24) is 4.90 Å².